The molecule has 1 unspecified atom stereocenters. The molecule has 3 nitrogen and oxygen atoms in total. The van der Waals surface area contributed by atoms with Crippen LogP contribution in [0.2, 0.25) is 0 Å². The summed E-state index contributed by atoms with van der Waals surface area (Å²) in [6, 6.07) is 6.22. The molecule has 0 fully saturated rings. The molecular formula is C13H19N3. The Bertz CT molecular complexity index is 509. The zero-order chi connectivity index (χ0) is 11.9. The zero-order valence-corrected chi connectivity index (χ0v) is 10.4. The lowest BCUT2D eigenvalue weighted by Gasteiger charge is -2.11. The van der Waals surface area contributed by atoms with E-state index in [9.17, 15) is 0 Å². The number of hydrogen-bond donors (Lipinski definition) is 1. The van der Waals surface area contributed by atoms with Crippen molar-refractivity contribution in [2.24, 2.45) is 12.8 Å². The maximum absolute atomic E-state index is 6.02. The Morgan fingerprint density at radius 1 is 1.25 bits per heavy atom. The van der Waals surface area contributed by atoms with Crippen molar-refractivity contribution in [2.45, 2.75) is 32.7 Å². The van der Waals surface area contributed by atoms with Gasteiger partial charge in [0, 0.05) is 24.2 Å². The van der Waals surface area contributed by atoms with Gasteiger partial charge in [-0.2, -0.15) is 5.10 Å². The maximum Gasteiger partial charge on any atom is 0.0929 e. The van der Waals surface area contributed by atoms with Crippen LogP contribution in [0.1, 0.15) is 44.0 Å². The number of aromatic nitrogens is 2. The van der Waals surface area contributed by atoms with Crippen LogP contribution in [0.5, 0.6) is 0 Å². The number of fused-ring (bicyclic) bond motifs is 1. The number of aryl methyl sites for hydroxylation is 1. The molecule has 2 aromatic rings. The highest BCUT2D eigenvalue weighted by molar-refractivity contribution is 5.86. The number of hydrogen-bond acceptors (Lipinski definition) is 2. The van der Waals surface area contributed by atoms with E-state index in [1.807, 2.05) is 30.8 Å². The highest BCUT2D eigenvalue weighted by Gasteiger charge is 2.16. The Balaban J connectivity index is 2.83. The predicted molar refractivity (Wildman–Crippen MR) is 67.4 cm³/mol. The van der Waals surface area contributed by atoms with Gasteiger partial charge in [0.15, 0.2) is 0 Å². The third kappa shape index (κ3) is 1.61. The van der Waals surface area contributed by atoms with Gasteiger partial charge in [0.05, 0.1) is 5.52 Å². The summed E-state index contributed by atoms with van der Waals surface area (Å²) in [4.78, 5) is 0. The summed E-state index contributed by atoms with van der Waals surface area (Å²) in [6.07, 6.45) is 0. The van der Waals surface area contributed by atoms with Gasteiger partial charge in [0.25, 0.3) is 0 Å². The van der Waals surface area contributed by atoms with E-state index < -0.39 is 0 Å². The van der Waals surface area contributed by atoms with Gasteiger partial charge in [-0.05, 0) is 24.5 Å². The number of nitrogens with zero attached hydrogens (tertiary/aromatic N) is 2. The van der Waals surface area contributed by atoms with Crippen molar-refractivity contribution in [3.05, 3.63) is 29.5 Å². The molecule has 1 aromatic heterocycles. The zero-order valence-electron chi connectivity index (χ0n) is 10.4. The first-order valence-electron chi connectivity index (χ1n) is 5.73. The molecule has 0 aliphatic carbocycles. The molecule has 3 heteroatoms. The standard InChI is InChI=1S/C13H19N3/c1-8(2)13-12-10(9(3)14)6-5-7-11(12)15-16(13)4/h5-9H,14H2,1-4H3. The average molecular weight is 217 g/mol. The first-order valence-corrected chi connectivity index (χ1v) is 5.73. The molecule has 1 aromatic carbocycles. The molecule has 0 aliphatic heterocycles. The van der Waals surface area contributed by atoms with Gasteiger partial charge in [-0.3, -0.25) is 4.68 Å². The summed E-state index contributed by atoms with van der Waals surface area (Å²) in [5, 5.41) is 5.77. The summed E-state index contributed by atoms with van der Waals surface area (Å²) >= 11 is 0. The molecule has 0 radical (unpaired) electrons. The second-order valence-corrected chi connectivity index (χ2v) is 4.69. The van der Waals surface area contributed by atoms with Gasteiger partial charge in [-0.15, -0.1) is 0 Å². The number of benzene rings is 1. The molecule has 86 valence electrons. The highest BCUT2D eigenvalue weighted by Crippen LogP contribution is 2.30. The summed E-state index contributed by atoms with van der Waals surface area (Å²) < 4.78 is 1.97. The largest absolute Gasteiger partial charge is 0.324 e. The molecule has 1 heterocycles. The summed E-state index contributed by atoms with van der Waals surface area (Å²) in [5.74, 6) is 0.454. The van der Waals surface area contributed by atoms with Gasteiger partial charge in [0.1, 0.15) is 0 Å². The van der Waals surface area contributed by atoms with Crippen molar-refractivity contribution >= 4 is 10.9 Å². The van der Waals surface area contributed by atoms with Crippen molar-refractivity contribution in [1.82, 2.24) is 9.78 Å². The fourth-order valence-corrected chi connectivity index (χ4v) is 2.34. The number of nitrogens with two attached hydrogens (primary N) is 1. The van der Waals surface area contributed by atoms with Gasteiger partial charge >= 0.3 is 0 Å². The van der Waals surface area contributed by atoms with Crippen LogP contribution in [0, 0.1) is 0 Å². The van der Waals surface area contributed by atoms with E-state index >= 15 is 0 Å². The monoisotopic (exact) mass is 217 g/mol. The fraction of sp³-hybridized carbons (Fsp3) is 0.462. The van der Waals surface area contributed by atoms with Crippen LogP contribution in [-0.4, -0.2) is 9.78 Å². The van der Waals surface area contributed by atoms with E-state index in [2.05, 4.69) is 25.0 Å². The molecular weight excluding hydrogens is 198 g/mol. The Labute approximate surface area is 96.2 Å². The Kier molecular flexibility index (Phi) is 2.72. The second kappa shape index (κ2) is 3.91. The Morgan fingerprint density at radius 3 is 2.50 bits per heavy atom. The number of rotatable bonds is 2. The quantitative estimate of drug-likeness (QED) is 0.840. The maximum atomic E-state index is 6.02. The topological polar surface area (TPSA) is 43.8 Å². The van der Waals surface area contributed by atoms with E-state index in [-0.39, 0.29) is 6.04 Å². The minimum atomic E-state index is 0.0467. The van der Waals surface area contributed by atoms with Crippen LogP contribution in [-0.2, 0) is 7.05 Å². The smallest absolute Gasteiger partial charge is 0.0929 e. The van der Waals surface area contributed by atoms with Crippen LogP contribution in [0.4, 0.5) is 0 Å². The third-order valence-electron chi connectivity index (χ3n) is 2.97. The summed E-state index contributed by atoms with van der Waals surface area (Å²) in [5.41, 5.74) is 9.52. The lowest BCUT2D eigenvalue weighted by Crippen LogP contribution is -2.07. The Morgan fingerprint density at radius 2 is 1.94 bits per heavy atom. The normalized spacial score (nSPS) is 13.6. The Hall–Kier alpha value is -1.35. The van der Waals surface area contributed by atoms with Crippen LogP contribution in [0.15, 0.2) is 18.2 Å². The van der Waals surface area contributed by atoms with Crippen molar-refractivity contribution in [3.63, 3.8) is 0 Å². The predicted octanol–water partition coefficient (Wildman–Crippen LogP) is 2.72. The molecule has 2 rings (SSSR count). The minimum absolute atomic E-state index is 0.0467. The SMILES string of the molecule is CC(C)c1c2c(C(C)N)cccc2nn1C. The molecule has 0 saturated heterocycles. The molecule has 0 spiro atoms. The molecule has 16 heavy (non-hydrogen) atoms. The van der Waals surface area contributed by atoms with Crippen LogP contribution >= 0.6 is 0 Å². The van der Waals surface area contributed by atoms with Crippen molar-refractivity contribution in [1.29, 1.82) is 0 Å². The van der Waals surface area contributed by atoms with Crippen LogP contribution in [0.3, 0.4) is 0 Å². The van der Waals surface area contributed by atoms with Gasteiger partial charge < -0.3 is 5.73 Å². The van der Waals surface area contributed by atoms with E-state index in [1.165, 1.54) is 16.6 Å². The summed E-state index contributed by atoms with van der Waals surface area (Å²) in [6.45, 7) is 6.40. The van der Waals surface area contributed by atoms with E-state index in [1.54, 1.807) is 0 Å². The first kappa shape index (κ1) is 11.1. The molecule has 2 N–H and O–H groups in total. The van der Waals surface area contributed by atoms with Crippen molar-refractivity contribution in [2.75, 3.05) is 0 Å². The van der Waals surface area contributed by atoms with E-state index in [4.69, 9.17) is 5.73 Å². The average Bonchev–Trinajstić information content (AvgIpc) is 2.52. The van der Waals surface area contributed by atoms with E-state index in [0.29, 0.717) is 5.92 Å². The van der Waals surface area contributed by atoms with Gasteiger partial charge in [-0.1, -0.05) is 26.0 Å². The third-order valence-corrected chi connectivity index (χ3v) is 2.97. The minimum Gasteiger partial charge on any atom is -0.324 e. The van der Waals surface area contributed by atoms with Crippen molar-refractivity contribution in [3.8, 4) is 0 Å². The first-order chi connectivity index (χ1) is 7.52. The van der Waals surface area contributed by atoms with Crippen molar-refractivity contribution < 1.29 is 0 Å². The lowest BCUT2D eigenvalue weighted by molar-refractivity contribution is 0.676. The van der Waals surface area contributed by atoms with Gasteiger partial charge in [-0.25, -0.2) is 0 Å². The lowest BCUT2D eigenvalue weighted by atomic mass is 9.98. The molecule has 0 amide bonds. The summed E-state index contributed by atoms with van der Waals surface area (Å²) in [7, 11) is 2.00. The molecule has 0 saturated carbocycles. The molecule has 1 atom stereocenters. The second-order valence-electron chi connectivity index (χ2n) is 4.69. The fourth-order valence-electron chi connectivity index (χ4n) is 2.34. The van der Waals surface area contributed by atoms with Crippen LogP contribution in [0.25, 0.3) is 10.9 Å². The van der Waals surface area contributed by atoms with E-state index in [0.717, 1.165) is 5.52 Å². The van der Waals surface area contributed by atoms with Gasteiger partial charge in [0.2, 0.25) is 0 Å². The molecule has 0 aliphatic rings. The van der Waals surface area contributed by atoms with Crippen LogP contribution < -0.4 is 5.73 Å². The highest BCUT2D eigenvalue weighted by atomic mass is 15.3. The molecule has 0 bridgehead atoms.